The van der Waals surface area contributed by atoms with E-state index in [-0.39, 0.29) is 11.3 Å². The van der Waals surface area contributed by atoms with Crippen LogP contribution >= 0.6 is 0 Å². The molecule has 0 heterocycles. The summed E-state index contributed by atoms with van der Waals surface area (Å²) in [6.07, 6.45) is -6.37. The van der Waals surface area contributed by atoms with Crippen LogP contribution in [0.15, 0.2) is 0 Å². The summed E-state index contributed by atoms with van der Waals surface area (Å²) >= 11 is 0. The van der Waals surface area contributed by atoms with Crippen molar-refractivity contribution in [3.8, 4) is 0 Å². The average Bonchev–Trinajstić information content (AvgIpc) is 2.10. The molecule has 1 rings (SSSR count). The van der Waals surface area contributed by atoms with Gasteiger partial charge in [0.05, 0.1) is 12.5 Å². The molecule has 1 N–H and O–H groups in total. The molecule has 1 saturated carbocycles. The lowest BCUT2D eigenvalue weighted by Crippen LogP contribution is -2.41. The fraction of sp³-hybridized carbons (Fsp3) is 0.923. The monoisotopic (exact) mass is 282 g/mol. The molecular formula is C13H21F3O3. The third kappa shape index (κ3) is 5.38. The van der Waals surface area contributed by atoms with E-state index in [1.54, 1.807) is 0 Å². The number of alkyl halides is 3. The number of carboxylic acid groups (broad SMARTS) is 1. The molecule has 0 bridgehead atoms. The third-order valence-corrected chi connectivity index (χ3v) is 3.43. The van der Waals surface area contributed by atoms with Crippen molar-refractivity contribution in [3.05, 3.63) is 0 Å². The first-order valence-corrected chi connectivity index (χ1v) is 6.43. The SMILES string of the molecule is CC1CC(OC(CC(=O)O)C(F)(F)F)CC(C)(C)C1. The molecule has 0 spiro atoms. The van der Waals surface area contributed by atoms with Crippen molar-refractivity contribution in [1.29, 1.82) is 0 Å². The molecule has 0 aliphatic heterocycles. The van der Waals surface area contributed by atoms with Crippen molar-refractivity contribution in [2.45, 2.75) is 64.8 Å². The zero-order chi connectivity index (χ0) is 14.8. The molecule has 0 saturated heterocycles. The maximum Gasteiger partial charge on any atom is 0.415 e. The molecule has 1 aliphatic carbocycles. The van der Waals surface area contributed by atoms with Crippen molar-refractivity contribution in [2.24, 2.45) is 11.3 Å². The van der Waals surface area contributed by atoms with Gasteiger partial charge >= 0.3 is 12.1 Å². The van der Waals surface area contributed by atoms with Gasteiger partial charge in [0.1, 0.15) is 0 Å². The highest BCUT2D eigenvalue weighted by Crippen LogP contribution is 2.41. The molecule has 1 aliphatic rings. The Hall–Kier alpha value is -0.780. The molecule has 112 valence electrons. The maximum atomic E-state index is 12.7. The second-order valence-corrected chi connectivity index (χ2v) is 6.30. The highest BCUT2D eigenvalue weighted by molar-refractivity contribution is 5.67. The van der Waals surface area contributed by atoms with Crippen LogP contribution < -0.4 is 0 Å². The standard InChI is InChI=1S/C13H21F3O3/c1-8-4-9(7-12(2,3)6-8)19-10(5-11(17)18)13(14,15)16/h8-10H,4-7H2,1-3H3,(H,17,18). The van der Waals surface area contributed by atoms with E-state index in [4.69, 9.17) is 9.84 Å². The van der Waals surface area contributed by atoms with Crippen LogP contribution in [0, 0.1) is 11.3 Å². The summed E-state index contributed by atoms with van der Waals surface area (Å²) in [4.78, 5) is 10.5. The predicted octanol–water partition coefficient (Wildman–Crippen LogP) is 3.62. The van der Waals surface area contributed by atoms with Gasteiger partial charge in [-0.3, -0.25) is 4.79 Å². The van der Waals surface area contributed by atoms with E-state index in [9.17, 15) is 18.0 Å². The van der Waals surface area contributed by atoms with Gasteiger partial charge in [-0.2, -0.15) is 13.2 Å². The number of carboxylic acids is 1. The summed E-state index contributed by atoms with van der Waals surface area (Å²) in [5, 5.41) is 8.55. The predicted molar refractivity (Wildman–Crippen MR) is 63.8 cm³/mol. The Bertz CT molecular complexity index is 326. The third-order valence-electron chi connectivity index (χ3n) is 3.43. The van der Waals surface area contributed by atoms with E-state index in [1.165, 1.54) is 0 Å². The van der Waals surface area contributed by atoms with Gasteiger partial charge in [-0.05, 0) is 30.6 Å². The number of rotatable bonds is 4. The Labute approximate surface area is 111 Å². The number of halogens is 3. The summed E-state index contributed by atoms with van der Waals surface area (Å²) in [5.74, 6) is -1.21. The molecule has 3 unspecified atom stereocenters. The summed E-state index contributed by atoms with van der Waals surface area (Å²) in [6.45, 7) is 5.98. The molecule has 0 aromatic rings. The van der Waals surface area contributed by atoms with Crippen LogP contribution in [0.2, 0.25) is 0 Å². The van der Waals surface area contributed by atoms with Crippen LogP contribution in [0.4, 0.5) is 13.2 Å². The van der Waals surface area contributed by atoms with Crippen LogP contribution in [-0.2, 0) is 9.53 Å². The number of ether oxygens (including phenoxy) is 1. The van der Waals surface area contributed by atoms with Gasteiger partial charge in [0.15, 0.2) is 6.10 Å². The van der Waals surface area contributed by atoms with E-state index in [0.717, 1.165) is 6.42 Å². The van der Waals surface area contributed by atoms with Crippen LogP contribution in [-0.4, -0.2) is 29.5 Å². The van der Waals surface area contributed by atoms with E-state index >= 15 is 0 Å². The molecule has 0 aromatic carbocycles. The topological polar surface area (TPSA) is 46.5 Å². The minimum Gasteiger partial charge on any atom is -0.481 e. The maximum absolute atomic E-state index is 12.7. The lowest BCUT2D eigenvalue weighted by molar-refractivity contribution is -0.242. The summed E-state index contributed by atoms with van der Waals surface area (Å²) in [6, 6.07) is 0. The first kappa shape index (κ1) is 16.3. The Morgan fingerprint density at radius 2 is 2.00 bits per heavy atom. The van der Waals surface area contributed by atoms with Crippen molar-refractivity contribution in [3.63, 3.8) is 0 Å². The molecule has 0 radical (unpaired) electrons. The van der Waals surface area contributed by atoms with Crippen molar-refractivity contribution >= 4 is 5.97 Å². The smallest absolute Gasteiger partial charge is 0.415 e. The fourth-order valence-corrected chi connectivity index (χ4v) is 2.99. The van der Waals surface area contributed by atoms with Crippen molar-refractivity contribution in [2.75, 3.05) is 0 Å². The Balaban J connectivity index is 2.70. The van der Waals surface area contributed by atoms with E-state index in [1.807, 2.05) is 20.8 Å². The molecule has 6 heteroatoms. The summed E-state index contributed by atoms with van der Waals surface area (Å²) < 4.78 is 43.3. The van der Waals surface area contributed by atoms with E-state index in [0.29, 0.717) is 12.8 Å². The second-order valence-electron chi connectivity index (χ2n) is 6.30. The number of carbonyl (C=O) groups is 1. The number of hydrogen-bond acceptors (Lipinski definition) is 2. The largest absolute Gasteiger partial charge is 0.481 e. The molecule has 0 amide bonds. The zero-order valence-electron chi connectivity index (χ0n) is 11.5. The van der Waals surface area contributed by atoms with Gasteiger partial charge in [-0.1, -0.05) is 20.8 Å². The van der Waals surface area contributed by atoms with Gasteiger partial charge < -0.3 is 9.84 Å². The molecule has 3 atom stereocenters. The average molecular weight is 282 g/mol. The molecular weight excluding hydrogens is 261 g/mol. The van der Waals surface area contributed by atoms with Crippen molar-refractivity contribution in [1.82, 2.24) is 0 Å². The van der Waals surface area contributed by atoms with Crippen LogP contribution in [0.3, 0.4) is 0 Å². The molecule has 3 nitrogen and oxygen atoms in total. The van der Waals surface area contributed by atoms with Gasteiger partial charge in [0, 0.05) is 0 Å². The second kappa shape index (κ2) is 5.69. The summed E-state index contributed by atoms with van der Waals surface area (Å²) in [5.41, 5.74) is -0.0678. The first-order chi connectivity index (χ1) is 8.49. The zero-order valence-corrected chi connectivity index (χ0v) is 11.5. The van der Waals surface area contributed by atoms with Crippen LogP contribution in [0.25, 0.3) is 0 Å². The Morgan fingerprint density at radius 3 is 2.42 bits per heavy atom. The van der Waals surface area contributed by atoms with E-state index < -0.39 is 30.8 Å². The molecule has 1 fully saturated rings. The number of hydrogen-bond donors (Lipinski definition) is 1. The normalized spacial score (nSPS) is 28.9. The van der Waals surface area contributed by atoms with Crippen LogP contribution in [0.5, 0.6) is 0 Å². The fourth-order valence-electron chi connectivity index (χ4n) is 2.99. The van der Waals surface area contributed by atoms with Crippen molar-refractivity contribution < 1.29 is 27.8 Å². The molecule has 0 aromatic heterocycles. The highest BCUT2D eigenvalue weighted by atomic mass is 19.4. The lowest BCUT2D eigenvalue weighted by atomic mass is 9.71. The Morgan fingerprint density at radius 1 is 1.42 bits per heavy atom. The first-order valence-electron chi connectivity index (χ1n) is 6.43. The van der Waals surface area contributed by atoms with Crippen LogP contribution in [0.1, 0.15) is 46.5 Å². The molecule has 19 heavy (non-hydrogen) atoms. The lowest BCUT2D eigenvalue weighted by Gasteiger charge is -2.40. The van der Waals surface area contributed by atoms with Gasteiger partial charge in [-0.15, -0.1) is 0 Å². The number of aliphatic carboxylic acids is 1. The Kier molecular flexibility index (Phi) is 4.87. The highest BCUT2D eigenvalue weighted by Gasteiger charge is 2.45. The van der Waals surface area contributed by atoms with Gasteiger partial charge in [0.25, 0.3) is 0 Å². The van der Waals surface area contributed by atoms with Gasteiger partial charge in [0.2, 0.25) is 0 Å². The quantitative estimate of drug-likeness (QED) is 0.856. The minimum absolute atomic E-state index is 0.0678. The van der Waals surface area contributed by atoms with Gasteiger partial charge in [-0.25, -0.2) is 0 Å². The summed E-state index contributed by atoms with van der Waals surface area (Å²) in [7, 11) is 0. The van der Waals surface area contributed by atoms with E-state index in [2.05, 4.69) is 0 Å². The minimum atomic E-state index is -4.64.